The second-order valence-electron chi connectivity index (χ2n) is 9.42. The van der Waals surface area contributed by atoms with Crippen molar-refractivity contribution >= 4 is 39.5 Å². The van der Waals surface area contributed by atoms with Crippen LogP contribution in [0, 0.1) is 6.92 Å². The van der Waals surface area contributed by atoms with Crippen molar-refractivity contribution in [2.45, 2.75) is 51.7 Å². The molecule has 2 aromatic heterocycles. The summed E-state index contributed by atoms with van der Waals surface area (Å²) in [5.74, 6) is 1.19. The molecule has 0 saturated carbocycles. The molecule has 4 rings (SSSR count). The summed E-state index contributed by atoms with van der Waals surface area (Å²) in [4.78, 5) is 25.0. The zero-order valence-corrected chi connectivity index (χ0v) is 21.8. The van der Waals surface area contributed by atoms with Gasteiger partial charge in [-0.15, -0.1) is 0 Å². The number of aryl methyl sites for hydroxylation is 1. The summed E-state index contributed by atoms with van der Waals surface area (Å²) in [5, 5.41) is 11.4. The Balaban J connectivity index is 1.32. The molecule has 0 radical (unpaired) electrons. The van der Waals surface area contributed by atoms with Crippen LogP contribution in [0.1, 0.15) is 44.8 Å². The Kier molecular flexibility index (Phi) is 7.42. The Morgan fingerprint density at radius 2 is 2.06 bits per heavy atom. The molecule has 1 fully saturated rings. The summed E-state index contributed by atoms with van der Waals surface area (Å²) in [6.07, 6.45) is 10.1. The second-order valence-corrected chi connectivity index (χ2v) is 10.3. The average molecular weight is 533 g/mol. The molecule has 0 aliphatic carbocycles. The molecule has 4 heterocycles. The van der Waals surface area contributed by atoms with Gasteiger partial charge in [0.15, 0.2) is 0 Å². The fourth-order valence-corrected chi connectivity index (χ4v) is 4.32. The van der Waals surface area contributed by atoms with Crippen molar-refractivity contribution in [3.8, 4) is 0 Å². The number of cyclic esters (lactones) is 1. The van der Waals surface area contributed by atoms with E-state index in [1.807, 2.05) is 26.8 Å². The molecule has 0 bridgehead atoms. The van der Waals surface area contributed by atoms with Crippen molar-refractivity contribution in [3.05, 3.63) is 34.8 Å². The first-order valence-electron chi connectivity index (χ1n) is 11.7. The van der Waals surface area contributed by atoms with Crippen molar-refractivity contribution < 1.29 is 9.53 Å². The topological polar surface area (TPSA) is 100 Å². The number of hydrogen-bond acceptors (Lipinski definition) is 8. The highest BCUT2D eigenvalue weighted by Gasteiger charge is 2.27. The van der Waals surface area contributed by atoms with Crippen LogP contribution in [0.25, 0.3) is 0 Å². The third kappa shape index (κ3) is 6.06. The molecular weight excluding hydrogens is 500 g/mol. The highest BCUT2D eigenvalue weighted by Crippen LogP contribution is 2.27. The van der Waals surface area contributed by atoms with Crippen LogP contribution in [-0.4, -0.2) is 74.5 Å². The Morgan fingerprint density at radius 1 is 1.29 bits per heavy atom. The van der Waals surface area contributed by atoms with Crippen LogP contribution in [0.15, 0.2) is 29.1 Å². The van der Waals surface area contributed by atoms with Gasteiger partial charge in [0.05, 0.1) is 21.9 Å². The number of rotatable bonds is 8. The molecule has 2 aromatic rings. The maximum Gasteiger partial charge on any atom is 0.414 e. The molecule has 2 aliphatic heterocycles. The number of nitrogens with one attached hydrogen (secondary N) is 2. The van der Waals surface area contributed by atoms with Crippen molar-refractivity contribution in [2.24, 2.45) is 0 Å². The van der Waals surface area contributed by atoms with Crippen molar-refractivity contribution in [2.75, 3.05) is 43.9 Å². The van der Waals surface area contributed by atoms with E-state index in [4.69, 9.17) is 9.84 Å². The maximum absolute atomic E-state index is 12.1. The van der Waals surface area contributed by atoms with Crippen LogP contribution in [0.5, 0.6) is 0 Å². The molecule has 0 atom stereocenters. The Morgan fingerprint density at radius 3 is 2.79 bits per heavy atom. The van der Waals surface area contributed by atoms with Gasteiger partial charge in [-0.3, -0.25) is 9.58 Å². The Hall–Kier alpha value is -2.66. The first-order chi connectivity index (χ1) is 16.2. The third-order valence-corrected chi connectivity index (χ3v) is 6.66. The molecule has 0 unspecified atom stereocenters. The SMILES string of the molecule is Cc1nn(C2CCN(C)CC2)cc1Nc1ncc(Br)c(NCCCN2C=CC(C)(C)OC2=O)n1. The molecule has 2 N–H and O–H groups in total. The number of hydrogen-bond donors (Lipinski definition) is 2. The molecule has 0 spiro atoms. The average Bonchev–Trinajstić information content (AvgIpc) is 3.14. The van der Waals surface area contributed by atoms with Crippen molar-refractivity contribution in [3.63, 3.8) is 0 Å². The number of carbonyl (C=O) groups is 1. The van der Waals surface area contributed by atoms with Gasteiger partial charge in [0.2, 0.25) is 5.95 Å². The lowest BCUT2D eigenvalue weighted by Gasteiger charge is -2.31. The van der Waals surface area contributed by atoms with Crippen molar-refractivity contribution in [1.29, 1.82) is 0 Å². The standard InChI is InChI=1S/C23H33BrN8O2/c1-16-19(15-32(29-16)17-6-11-30(4)12-7-17)27-21-26-14-18(24)20(28-21)25-9-5-10-31-13-8-23(2,3)34-22(31)33/h8,13-15,17H,5-7,9-12H2,1-4H3,(H2,25,26,27,28). The third-order valence-electron chi connectivity index (χ3n) is 6.08. The first-order valence-corrected chi connectivity index (χ1v) is 12.5. The quantitative estimate of drug-likeness (QED) is 0.485. The molecule has 1 amide bonds. The number of ether oxygens (including phenoxy) is 1. The van der Waals surface area contributed by atoms with E-state index in [1.54, 1.807) is 17.3 Å². The van der Waals surface area contributed by atoms with E-state index >= 15 is 0 Å². The van der Waals surface area contributed by atoms with Crippen LogP contribution < -0.4 is 10.6 Å². The minimum Gasteiger partial charge on any atom is -0.439 e. The van der Waals surface area contributed by atoms with Crippen LogP contribution >= 0.6 is 15.9 Å². The van der Waals surface area contributed by atoms with E-state index in [0.717, 1.165) is 48.2 Å². The number of carbonyl (C=O) groups excluding carboxylic acids is 1. The van der Waals surface area contributed by atoms with E-state index < -0.39 is 5.60 Å². The summed E-state index contributed by atoms with van der Waals surface area (Å²) in [7, 11) is 2.16. The Labute approximate surface area is 208 Å². The zero-order valence-electron chi connectivity index (χ0n) is 20.2. The first kappa shape index (κ1) is 24.5. The predicted molar refractivity (Wildman–Crippen MR) is 135 cm³/mol. The summed E-state index contributed by atoms with van der Waals surface area (Å²) in [6, 6.07) is 0.423. The van der Waals surface area contributed by atoms with E-state index in [-0.39, 0.29) is 6.09 Å². The van der Waals surface area contributed by atoms with E-state index in [2.05, 4.69) is 59.4 Å². The zero-order chi connectivity index (χ0) is 24.3. The van der Waals surface area contributed by atoms with E-state index in [1.165, 1.54) is 0 Å². The lowest BCUT2D eigenvalue weighted by atomic mass is 10.1. The number of anilines is 3. The summed E-state index contributed by atoms with van der Waals surface area (Å²) in [6.45, 7) is 9.09. The number of likely N-dealkylation sites (tertiary alicyclic amines) is 1. The van der Waals surface area contributed by atoms with Gasteiger partial charge in [-0.1, -0.05) is 0 Å². The normalized spacial score (nSPS) is 18.7. The smallest absolute Gasteiger partial charge is 0.414 e. The monoisotopic (exact) mass is 532 g/mol. The van der Waals surface area contributed by atoms with E-state index in [9.17, 15) is 4.79 Å². The maximum atomic E-state index is 12.1. The fourth-order valence-electron chi connectivity index (χ4n) is 3.99. The fraction of sp³-hybridized carbons (Fsp3) is 0.565. The second kappa shape index (κ2) is 10.3. The minimum atomic E-state index is -0.553. The lowest BCUT2D eigenvalue weighted by Crippen LogP contribution is -2.39. The largest absolute Gasteiger partial charge is 0.439 e. The molecule has 0 aromatic carbocycles. The summed E-state index contributed by atoms with van der Waals surface area (Å²) in [5.41, 5.74) is 1.28. The van der Waals surface area contributed by atoms with Gasteiger partial charge in [-0.25, -0.2) is 9.78 Å². The summed E-state index contributed by atoms with van der Waals surface area (Å²) >= 11 is 3.51. The van der Waals surface area contributed by atoms with Gasteiger partial charge in [-0.2, -0.15) is 10.1 Å². The van der Waals surface area contributed by atoms with Gasteiger partial charge in [0.1, 0.15) is 11.4 Å². The molecular formula is C23H33BrN8O2. The van der Waals surface area contributed by atoms with E-state index in [0.29, 0.717) is 30.9 Å². The number of piperidine rings is 1. The minimum absolute atomic E-state index is 0.321. The molecule has 1 saturated heterocycles. The number of nitrogens with zero attached hydrogens (tertiary/aromatic N) is 6. The van der Waals surface area contributed by atoms with Crippen LogP contribution in [0.4, 0.5) is 22.2 Å². The Bertz CT molecular complexity index is 1050. The van der Waals surface area contributed by atoms with Crippen LogP contribution in [0.3, 0.4) is 0 Å². The number of halogens is 1. The predicted octanol–water partition coefficient (Wildman–Crippen LogP) is 4.30. The lowest BCUT2D eigenvalue weighted by molar-refractivity contribution is 0.0390. The van der Waals surface area contributed by atoms with Crippen molar-refractivity contribution in [1.82, 2.24) is 29.5 Å². The molecule has 184 valence electrons. The molecule has 34 heavy (non-hydrogen) atoms. The summed E-state index contributed by atoms with van der Waals surface area (Å²) < 4.78 is 8.23. The number of aromatic nitrogens is 4. The van der Waals surface area contributed by atoms with Gasteiger partial charge < -0.3 is 20.3 Å². The highest BCUT2D eigenvalue weighted by atomic mass is 79.9. The molecule has 10 nitrogen and oxygen atoms in total. The van der Waals surface area contributed by atoms with Gasteiger partial charge in [-0.05, 0) is 82.2 Å². The highest BCUT2D eigenvalue weighted by molar-refractivity contribution is 9.10. The van der Waals surface area contributed by atoms with Crippen LogP contribution in [0.2, 0.25) is 0 Å². The number of amides is 1. The van der Waals surface area contributed by atoms with Crippen LogP contribution in [-0.2, 0) is 4.74 Å². The van der Waals surface area contributed by atoms with Gasteiger partial charge in [0, 0.05) is 31.7 Å². The molecule has 2 aliphatic rings. The van der Waals surface area contributed by atoms with Gasteiger partial charge >= 0.3 is 6.09 Å². The molecule has 11 heteroatoms. The van der Waals surface area contributed by atoms with Gasteiger partial charge in [0.25, 0.3) is 0 Å².